The Morgan fingerprint density at radius 3 is 2.58 bits per heavy atom. The van der Waals surface area contributed by atoms with E-state index < -0.39 is 29.2 Å². The van der Waals surface area contributed by atoms with E-state index in [9.17, 15) is 18.0 Å². The monoisotopic (exact) mass is 559 g/mol. The number of nitrogens with one attached hydrogen (secondary N) is 1. The van der Waals surface area contributed by atoms with E-state index in [-0.39, 0.29) is 0 Å². The van der Waals surface area contributed by atoms with Crippen molar-refractivity contribution >= 4 is 11.8 Å². The number of hydrogen-bond acceptors (Lipinski definition) is 2. The SMILES string of the molecule is CC(=COC(=O)Nc1ccc(F)c(F)c1F)CCC[C@@H](C)[C@H]1CC[C@H]2[C@@H]3CCC4CCCC[C@]4(C)[C@H]3CC[C@]12C. The molecule has 1 unspecified atom stereocenters. The molecule has 0 aliphatic heterocycles. The molecule has 3 nitrogen and oxygen atoms in total. The van der Waals surface area contributed by atoms with Crippen LogP contribution in [0, 0.1) is 63.8 Å². The van der Waals surface area contributed by atoms with Gasteiger partial charge in [-0.15, -0.1) is 0 Å². The molecule has 1 aromatic carbocycles. The van der Waals surface area contributed by atoms with E-state index in [0.29, 0.717) is 16.7 Å². The smallest absolute Gasteiger partial charge is 0.416 e. The molecule has 8 atom stereocenters. The average Bonchev–Trinajstić information content (AvgIpc) is 3.29. The van der Waals surface area contributed by atoms with E-state index >= 15 is 0 Å². The van der Waals surface area contributed by atoms with Crippen LogP contribution in [0.4, 0.5) is 23.7 Å². The van der Waals surface area contributed by atoms with Crippen molar-refractivity contribution in [2.24, 2.45) is 46.3 Å². The maximum Gasteiger partial charge on any atom is 0.416 e. The van der Waals surface area contributed by atoms with Gasteiger partial charge in [-0.05, 0) is 135 Å². The third-order valence-electron chi connectivity index (χ3n) is 12.2. The van der Waals surface area contributed by atoms with Gasteiger partial charge in [0.1, 0.15) is 0 Å². The number of amides is 1. The molecular formula is C34H48F3NO2. The Kier molecular flexibility index (Phi) is 8.65. The minimum Gasteiger partial charge on any atom is -0.418 e. The van der Waals surface area contributed by atoms with Gasteiger partial charge in [-0.25, -0.2) is 18.0 Å². The fourth-order valence-electron chi connectivity index (χ4n) is 10.1. The van der Waals surface area contributed by atoms with Gasteiger partial charge in [0.05, 0.1) is 11.9 Å². The van der Waals surface area contributed by atoms with Gasteiger partial charge in [-0.3, -0.25) is 5.32 Å². The molecule has 222 valence electrons. The lowest BCUT2D eigenvalue weighted by atomic mass is 9.44. The molecule has 4 aliphatic carbocycles. The highest BCUT2D eigenvalue weighted by molar-refractivity contribution is 5.85. The number of anilines is 1. The maximum atomic E-state index is 13.8. The summed E-state index contributed by atoms with van der Waals surface area (Å²) in [5.41, 5.74) is 1.53. The third-order valence-corrected chi connectivity index (χ3v) is 12.2. The fraction of sp³-hybridized carbons (Fsp3) is 0.735. The van der Waals surface area contributed by atoms with Crippen molar-refractivity contribution < 1.29 is 22.7 Å². The van der Waals surface area contributed by atoms with E-state index in [1.165, 1.54) is 70.5 Å². The quantitative estimate of drug-likeness (QED) is 0.267. The van der Waals surface area contributed by atoms with Crippen LogP contribution in [0.2, 0.25) is 0 Å². The molecule has 0 bridgehead atoms. The molecule has 40 heavy (non-hydrogen) atoms. The Morgan fingerprint density at radius 2 is 1.77 bits per heavy atom. The average molecular weight is 560 g/mol. The first-order valence-electron chi connectivity index (χ1n) is 15.8. The van der Waals surface area contributed by atoms with E-state index in [4.69, 9.17) is 4.74 Å². The van der Waals surface area contributed by atoms with Crippen molar-refractivity contribution in [2.45, 2.75) is 111 Å². The van der Waals surface area contributed by atoms with Gasteiger partial charge < -0.3 is 4.74 Å². The summed E-state index contributed by atoms with van der Waals surface area (Å²) in [7, 11) is 0. The van der Waals surface area contributed by atoms with Crippen molar-refractivity contribution in [3.63, 3.8) is 0 Å². The largest absolute Gasteiger partial charge is 0.418 e. The molecular weight excluding hydrogens is 511 g/mol. The topological polar surface area (TPSA) is 38.3 Å². The summed E-state index contributed by atoms with van der Waals surface area (Å²) in [6.45, 7) is 9.65. The maximum absolute atomic E-state index is 13.8. The number of hydrogen-bond donors (Lipinski definition) is 1. The van der Waals surface area contributed by atoms with Crippen molar-refractivity contribution in [1.82, 2.24) is 0 Å². The molecule has 0 heterocycles. The lowest BCUT2D eigenvalue weighted by molar-refractivity contribution is -0.114. The first-order valence-corrected chi connectivity index (χ1v) is 15.8. The molecule has 1 aromatic rings. The number of halogens is 3. The van der Waals surface area contributed by atoms with Crippen molar-refractivity contribution in [3.05, 3.63) is 41.4 Å². The molecule has 5 rings (SSSR count). The van der Waals surface area contributed by atoms with Crippen LogP contribution in [0.25, 0.3) is 0 Å². The van der Waals surface area contributed by atoms with Gasteiger partial charge >= 0.3 is 6.09 Å². The van der Waals surface area contributed by atoms with Crippen molar-refractivity contribution in [2.75, 3.05) is 5.32 Å². The second-order valence-electron chi connectivity index (χ2n) is 14.2. The van der Waals surface area contributed by atoms with Gasteiger partial charge in [0.25, 0.3) is 0 Å². The van der Waals surface area contributed by atoms with Crippen LogP contribution in [-0.2, 0) is 4.74 Å². The van der Waals surface area contributed by atoms with Crippen LogP contribution < -0.4 is 5.32 Å². The number of carbonyl (C=O) groups excluding carboxylic acids is 1. The van der Waals surface area contributed by atoms with Gasteiger partial charge in [-0.2, -0.15) is 0 Å². The van der Waals surface area contributed by atoms with Crippen molar-refractivity contribution in [1.29, 1.82) is 0 Å². The lowest BCUT2D eigenvalue weighted by Gasteiger charge is -2.61. The zero-order valence-corrected chi connectivity index (χ0v) is 24.8. The zero-order valence-electron chi connectivity index (χ0n) is 24.8. The Labute approximate surface area is 238 Å². The minimum absolute atomic E-state index is 0.456. The third kappa shape index (κ3) is 5.45. The van der Waals surface area contributed by atoms with Crippen LogP contribution >= 0.6 is 0 Å². The first kappa shape index (κ1) is 29.5. The molecule has 4 saturated carbocycles. The van der Waals surface area contributed by atoms with E-state index in [1.54, 1.807) is 0 Å². The predicted molar refractivity (Wildman–Crippen MR) is 153 cm³/mol. The Hall–Kier alpha value is -1.98. The number of benzene rings is 1. The Morgan fingerprint density at radius 1 is 1.00 bits per heavy atom. The summed E-state index contributed by atoms with van der Waals surface area (Å²) in [5.74, 6) is 0.823. The van der Waals surface area contributed by atoms with E-state index in [0.717, 1.165) is 66.6 Å². The van der Waals surface area contributed by atoms with Crippen LogP contribution in [0.15, 0.2) is 24.0 Å². The standard InChI is InChI=1S/C34H48F3NO2/c1-21(20-40-32(39)38-29-16-15-28(35)30(36)31(29)37)8-7-9-22(2)25-13-14-26-24-12-11-23-10-5-6-18-33(23,3)27(24)17-19-34(25,26)4/h15-16,20,22-27H,5-14,17-19H2,1-4H3,(H,38,39)/t22-,23?,24+,25-,26+,27+,33+,34-/m1/s1. The lowest BCUT2D eigenvalue weighted by Crippen LogP contribution is -2.53. The highest BCUT2D eigenvalue weighted by Gasteiger charge is 2.60. The fourth-order valence-corrected chi connectivity index (χ4v) is 10.1. The summed E-state index contributed by atoms with van der Waals surface area (Å²) in [5, 5.41) is 2.13. The van der Waals surface area contributed by atoms with Crippen LogP contribution in [0.3, 0.4) is 0 Å². The number of ether oxygens (including phenoxy) is 1. The summed E-state index contributed by atoms with van der Waals surface area (Å²) in [6.07, 6.45) is 17.8. The predicted octanol–water partition coefficient (Wildman–Crippen LogP) is 10.4. The first-order chi connectivity index (χ1) is 19.0. The van der Waals surface area contributed by atoms with Gasteiger partial charge in [0, 0.05) is 0 Å². The molecule has 1 N–H and O–H groups in total. The molecule has 1 amide bonds. The molecule has 0 aromatic heterocycles. The summed E-state index contributed by atoms with van der Waals surface area (Å²) >= 11 is 0. The van der Waals surface area contributed by atoms with E-state index in [1.807, 2.05) is 6.92 Å². The summed E-state index contributed by atoms with van der Waals surface area (Å²) in [6, 6.07) is 1.73. The van der Waals surface area contributed by atoms with E-state index in [2.05, 4.69) is 26.1 Å². The molecule has 0 spiro atoms. The molecule has 0 radical (unpaired) electrons. The number of rotatable bonds is 7. The Bertz CT molecular complexity index is 1120. The van der Waals surface area contributed by atoms with Crippen molar-refractivity contribution in [3.8, 4) is 0 Å². The summed E-state index contributed by atoms with van der Waals surface area (Å²) < 4.78 is 45.3. The number of allylic oxidation sites excluding steroid dienone is 1. The molecule has 6 heteroatoms. The normalized spacial score (nSPS) is 36.3. The highest BCUT2D eigenvalue weighted by atomic mass is 19.2. The highest BCUT2D eigenvalue weighted by Crippen LogP contribution is 2.68. The molecule has 4 fully saturated rings. The number of fused-ring (bicyclic) bond motifs is 5. The van der Waals surface area contributed by atoms with Crippen LogP contribution in [-0.4, -0.2) is 6.09 Å². The second-order valence-corrected chi connectivity index (χ2v) is 14.2. The van der Waals surface area contributed by atoms with Gasteiger partial charge in [0.15, 0.2) is 17.5 Å². The second kappa shape index (κ2) is 11.7. The van der Waals surface area contributed by atoms with Crippen LogP contribution in [0.5, 0.6) is 0 Å². The molecule has 4 aliphatic rings. The zero-order chi connectivity index (χ0) is 28.7. The Balaban J connectivity index is 1.11. The summed E-state index contributed by atoms with van der Waals surface area (Å²) in [4.78, 5) is 12.0. The number of carbonyl (C=O) groups is 1. The minimum atomic E-state index is -1.62. The van der Waals surface area contributed by atoms with Crippen LogP contribution in [0.1, 0.15) is 111 Å². The van der Waals surface area contributed by atoms with Gasteiger partial charge in [0.2, 0.25) is 0 Å². The van der Waals surface area contributed by atoms with Gasteiger partial charge in [-0.1, -0.05) is 40.0 Å². The molecule has 0 saturated heterocycles.